The van der Waals surface area contributed by atoms with E-state index in [0.717, 1.165) is 29.0 Å². The van der Waals surface area contributed by atoms with Gasteiger partial charge in [-0.15, -0.1) is 0 Å². The molecule has 0 fully saturated rings. The second-order valence-electron chi connectivity index (χ2n) is 4.74. The van der Waals surface area contributed by atoms with Crippen LogP contribution in [0.25, 0.3) is 0 Å². The molecular formula is C16H17F2NO. The van der Waals surface area contributed by atoms with Crippen LogP contribution in [0, 0.1) is 18.6 Å². The number of hydrogen-bond donors (Lipinski definition) is 1. The number of nitrogens with one attached hydrogen (secondary N) is 1. The Hall–Kier alpha value is -2.10. The highest BCUT2D eigenvalue weighted by Gasteiger charge is 2.12. The fourth-order valence-corrected chi connectivity index (χ4v) is 2.09. The summed E-state index contributed by atoms with van der Waals surface area (Å²) in [7, 11) is 1.61. The summed E-state index contributed by atoms with van der Waals surface area (Å²) in [5.41, 5.74) is 2.59. The minimum absolute atomic E-state index is 0.0876. The third-order valence-electron chi connectivity index (χ3n) is 3.16. The van der Waals surface area contributed by atoms with E-state index in [1.807, 2.05) is 32.0 Å². The van der Waals surface area contributed by atoms with Gasteiger partial charge in [-0.05, 0) is 37.6 Å². The van der Waals surface area contributed by atoms with Gasteiger partial charge in [-0.25, -0.2) is 8.78 Å². The molecule has 0 amide bonds. The molecule has 0 aliphatic heterocycles. The number of anilines is 1. The van der Waals surface area contributed by atoms with Gasteiger partial charge in [0.25, 0.3) is 0 Å². The van der Waals surface area contributed by atoms with Gasteiger partial charge in [-0.1, -0.05) is 12.1 Å². The number of rotatable bonds is 4. The minimum atomic E-state index is -0.863. The first kappa shape index (κ1) is 14.3. The lowest BCUT2D eigenvalue weighted by Gasteiger charge is -2.19. The van der Waals surface area contributed by atoms with Gasteiger partial charge in [0.1, 0.15) is 5.75 Å². The molecule has 0 aliphatic rings. The van der Waals surface area contributed by atoms with Crippen LogP contribution in [0.2, 0.25) is 0 Å². The lowest BCUT2D eigenvalue weighted by molar-refractivity contribution is 0.407. The average molecular weight is 277 g/mol. The van der Waals surface area contributed by atoms with Crippen LogP contribution in [0.3, 0.4) is 0 Å². The highest BCUT2D eigenvalue weighted by molar-refractivity contribution is 5.48. The van der Waals surface area contributed by atoms with E-state index in [9.17, 15) is 8.78 Å². The average Bonchev–Trinajstić information content (AvgIpc) is 2.42. The van der Waals surface area contributed by atoms with Crippen molar-refractivity contribution in [2.24, 2.45) is 0 Å². The minimum Gasteiger partial charge on any atom is -0.496 e. The zero-order valence-corrected chi connectivity index (χ0v) is 11.7. The van der Waals surface area contributed by atoms with E-state index in [0.29, 0.717) is 5.69 Å². The maximum Gasteiger partial charge on any atom is 0.160 e. The summed E-state index contributed by atoms with van der Waals surface area (Å²) in [4.78, 5) is 0. The molecule has 0 saturated heterocycles. The van der Waals surface area contributed by atoms with E-state index in [1.165, 1.54) is 6.07 Å². The molecule has 4 heteroatoms. The van der Waals surface area contributed by atoms with Crippen LogP contribution in [0.5, 0.6) is 5.75 Å². The smallest absolute Gasteiger partial charge is 0.160 e. The van der Waals surface area contributed by atoms with Gasteiger partial charge in [0.15, 0.2) is 11.6 Å². The van der Waals surface area contributed by atoms with Crippen LogP contribution in [-0.4, -0.2) is 7.11 Å². The molecule has 0 saturated carbocycles. The van der Waals surface area contributed by atoms with Gasteiger partial charge < -0.3 is 10.1 Å². The van der Waals surface area contributed by atoms with Crippen molar-refractivity contribution in [3.8, 4) is 5.75 Å². The van der Waals surface area contributed by atoms with Crippen LogP contribution in [-0.2, 0) is 0 Å². The first-order chi connectivity index (χ1) is 9.51. The van der Waals surface area contributed by atoms with E-state index in [2.05, 4.69) is 5.32 Å². The van der Waals surface area contributed by atoms with Crippen LogP contribution < -0.4 is 10.1 Å². The summed E-state index contributed by atoms with van der Waals surface area (Å²) in [5, 5.41) is 3.13. The monoisotopic (exact) mass is 277 g/mol. The maximum absolute atomic E-state index is 13.2. The van der Waals surface area contributed by atoms with Crippen LogP contribution >= 0.6 is 0 Å². The standard InChI is InChI=1S/C16H17F2NO/c1-10-4-6-13(16(8-10)20-3)11(2)19-12-5-7-14(17)15(18)9-12/h4-9,11,19H,1-3H3. The molecule has 20 heavy (non-hydrogen) atoms. The molecule has 1 atom stereocenters. The molecule has 0 aliphatic carbocycles. The molecule has 2 rings (SSSR count). The predicted octanol–water partition coefficient (Wildman–Crippen LogP) is 4.45. The summed E-state index contributed by atoms with van der Waals surface area (Å²) in [6.07, 6.45) is 0. The Bertz CT molecular complexity index is 613. The Morgan fingerprint density at radius 3 is 2.45 bits per heavy atom. The van der Waals surface area contributed by atoms with E-state index in [-0.39, 0.29) is 6.04 Å². The third kappa shape index (κ3) is 3.07. The molecule has 1 N–H and O–H groups in total. The first-order valence-electron chi connectivity index (χ1n) is 6.37. The SMILES string of the molecule is COc1cc(C)ccc1C(C)Nc1ccc(F)c(F)c1. The number of aryl methyl sites for hydroxylation is 1. The lowest BCUT2D eigenvalue weighted by atomic mass is 10.0. The van der Waals surface area contributed by atoms with Crippen LogP contribution in [0.4, 0.5) is 14.5 Å². The number of halogens is 2. The van der Waals surface area contributed by atoms with Crippen molar-refractivity contribution < 1.29 is 13.5 Å². The Morgan fingerprint density at radius 1 is 1.05 bits per heavy atom. The van der Waals surface area contributed by atoms with Gasteiger partial charge in [-0.2, -0.15) is 0 Å². The van der Waals surface area contributed by atoms with Gasteiger partial charge >= 0.3 is 0 Å². The van der Waals surface area contributed by atoms with E-state index in [4.69, 9.17) is 4.74 Å². The van der Waals surface area contributed by atoms with Crippen molar-refractivity contribution in [1.29, 1.82) is 0 Å². The van der Waals surface area contributed by atoms with Gasteiger partial charge in [0.05, 0.1) is 13.2 Å². The van der Waals surface area contributed by atoms with E-state index in [1.54, 1.807) is 7.11 Å². The Labute approximate surface area is 117 Å². The first-order valence-corrected chi connectivity index (χ1v) is 6.37. The number of hydrogen-bond acceptors (Lipinski definition) is 2. The van der Waals surface area contributed by atoms with Crippen molar-refractivity contribution in [2.75, 3.05) is 12.4 Å². The largest absolute Gasteiger partial charge is 0.496 e. The number of benzene rings is 2. The Morgan fingerprint density at radius 2 is 1.80 bits per heavy atom. The zero-order chi connectivity index (χ0) is 14.7. The fourth-order valence-electron chi connectivity index (χ4n) is 2.09. The summed E-state index contributed by atoms with van der Waals surface area (Å²) < 4.78 is 31.4. The number of methoxy groups -OCH3 is 1. The van der Waals surface area contributed by atoms with Crippen molar-refractivity contribution in [3.05, 3.63) is 59.2 Å². The quantitative estimate of drug-likeness (QED) is 0.891. The molecule has 0 radical (unpaired) electrons. The van der Waals surface area contributed by atoms with E-state index < -0.39 is 11.6 Å². The van der Waals surface area contributed by atoms with Crippen molar-refractivity contribution >= 4 is 5.69 Å². The highest BCUT2D eigenvalue weighted by atomic mass is 19.2. The van der Waals surface area contributed by atoms with Crippen molar-refractivity contribution in [2.45, 2.75) is 19.9 Å². The lowest BCUT2D eigenvalue weighted by Crippen LogP contribution is -2.08. The number of ether oxygens (including phenoxy) is 1. The summed E-state index contributed by atoms with van der Waals surface area (Å²) in [6, 6.07) is 9.57. The predicted molar refractivity (Wildman–Crippen MR) is 76.1 cm³/mol. The second kappa shape index (κ2) is 5.90. The molecule has 2 aromatic carbocycles. The molecular weight excluding hydrogens is 260 g/mol. The van der Waals surface area contributed by atoms with Crippen molar-refractivity contribution in [3.63, 3.8) is 0 Å². The molecule has 0 aromatic heterocycles. The summed E-state index contributed by atoms with van der Waals surface area (Å²) in [6.45, 7) is 3.92. The molecule has 0 heterocycles. The fraction of sp³-hybridized carbons (Fsp3) is 0.250. The normalized spacial score (nSPS) is 12.1. The highest BCUT2D eigenvalue weighted by Crippen LogP contribution is 2.29. The maximum atomic E-state index is 13.2. The summed E-state index contributed by atoms with van der Waals surface area (Å²) in [5.74, 6) is -0.943. The molecule has 2 aromatic rings. The summed E-state index contributed by atoms with van der Waals surface area (Å²) >= 11 is 0. The van der Waals surface area contributed by atoms with Gasteiger partial charge in [0.2, 0.25) is 0 Å². The molecule has 0 bridgehead atoms. The second-order valence-corrected chi connectivity index (χ2v) is 4.74. The van der Waals surface area contributed by atoms with Crippen molar-refractivity contribution in [1.82, 2.24) is 0 Å². The van der Waals surface area contributed by atoms with Crippen LogP contribution in [0.15, 0.2) is 36.4 Å². The van der Waals surface area contributed by atoms with Gasteiger partial charge in [0, 0.05) is 17.3 Å². The Balaban J connectivity index is 2.23. The van der Waals surface area contributed by atoms with E-state index >= 15 is 0 Å². The molecule has 106 valence electrons. The molecule has 1 unspecified atom stereocenters. The van der Waals surface area contributed by atoms with Gasteiger partial charge in [-0.3, -0.25) is 0 Å². The van der Waals surface area contributed by atoms with Crippen LogP contribution in [0.1, 0.15) is 24.1 Å². The zero-order valence-electron chi connectivity index (χ0n) is 11.7. The molecule has 0 spiro atoms. The topological polar surface area (TPSA) is 21.3 Å². The Kier molecular flexibility index (Phi) is 4.23. The third-order valence-corrected chi connectivity index (χ3v) is 3.16. The molecule has 2 nitrogen and oxygen atoms in total.